The number of anilines is 1. The van der Waals surface area contributed by atoms with Crippen LogP contribution in [0.2, 0.25) is 5.02 Å². The van der Waals surface area contributed by atoms with Gasteiger partial charge in [-0.05, 0) is 69.2 Å². The van der Waals surface area contributed by atoms with Gasteiger partial charge in [-0.3, -0.25) is 4.72 Å². The first-order chi connectivity index (χ1) is 9.95. The molecular formula is C14H9BrClNO2S2. The Labute approximate surface area is 139 Å². The molecule has 3 aromatic rings. The van der Waals surface area contributed by atoms with Crippen molar-refractivity contribution in [3.63, 3.8) is 0 Å². The molecule has 0 unspecified atom stereocenters. The van der Waals surface area contributed by atoms with Crippen molar-refractivity contribution in [3.8, 4) is 0 Å². The van der Waals surface area contributed by atoms with Crippen molar-refractivity contribution in [2.45, 2.75) is 4.90 Å². The van der Waals surface area contributed by atoms with Crippen molar-refractivity contribution in [3.05, 3.63) is 57.3 Å². The number of hydrogen-bond acceptors (Lipinski definition) is 3. The van der Waals surface area contributed by atoms with E-state index < -0.39 is 10.0 Å². The molecule has 0 amide bonds. The van der Waals surface area contributed by atoms with Gasteiger partial charge in [0.05, 0.1) is 9.92 Å². The Balaban J connectivity index is 1.96. The lowest BCUT2D eigenvalue weighted by molar-refractivity contribution is 0.601. The van der Waals surface area contributed by atoms with E-state index in [0.717, 1.165) is 10.1 Å². The molecule has 0 fully saturated rings. The van der Waals surface area contributed by atoms with Crippen LogP contribution in [-0.2, 0) is 10.0 Å². The standard InChI is InChI=1S/C14H9BrClNO2S2/c15-12-8-11(2-3-13(12)16)21(18,19)17-10-1-4-14-9(7-10)5-6-20-14/h1-8,17H. The van der Waals surface area contributed by atoms with E-state index in [4.69, 9.17) is 11.6 Å². The van der Waals surface area contributed by atoms with E-state index in [1.165, 1.54) is 12.1 Å². The van der Waals surface area contributed by atoms with Crippen molar-refractivity contribution in [1.29, 1.82) is 0 Å². The summed E-state index contributed by atoms with van der Waals surface area (Å²) < 4.78 is 29.0. The van der Waals surface area contributed by atoms with Crippen LogP contribution in [0, 0.1) is 0 Å². The highest BCUT2D eigenvalue weighted by molar-refractivity contribution is 9.10. The van der Waals surface area contributed by atoms with Gasteiger partial charge in [-0.25, -0.2) is 8.42 Å². The predicted molar refractivity (Wildman–Crippen MR) is 91.8 cm³/mol. The van der Waals surface area contributed by atoms with Crippen molar-refractivity contribution in [2.75, 3.05) is 4.72 Å². The van der Waals surface area contributed by atoms with Crippen LogP contribution in [0.5, 0.6) is 0 Å². The zero-order chi connectivity index (χ0) is 15.0. The summed E-state index contributed by atoms with van der Waals surface area (Å²) in [7, 11) is -3.64. The fourth-order valence-electron chi connectivity index (χ4n) is 1.89. The minimum absolute atomic E-state index is 0.157. The Kier molecular flexibility index (Phi) is 3.96. The third kappa shape index (κ3) is 3.08. The SMILES string of the molecule is O=S(=O)(Nc1ccc2sccc2c1)c1ccc(Cl)c(Br)c1. The van der Waals surface area contributed by atoms with E-state index in [0.29, 0.717) is 15.2 Å². The van der Waals surface area contributed by atoms with Gasteiger partial charge in [-0.1, -0.05) is 11.6 Å². The monoisotopic (exact) mass is 401 g/mol. The van der Waals surface area contributed by atoms with Crippen LogP contribution in [0.25, 0.3) is 10.1 Å². The summed E-state index contributed by atoms with van der Waals surface area (Å²) in [6.07, 6.45) is 0. The number of nitrogens with one attached hydrogen (secondary N) is 1. The van der Waals surface area contributed by atoms with E-state index in [-0.39, 0.29) is 4.90 Å². The van der Waals surface area contributed by atoms with Gasteiger partial charge in [0.1, 0.15) is 0 Å². The molecule has 0 aliphatic rings. The van der Waals surface area contributed by atoms with Gasteiger partial charge >= 0.3 is 0 Å². The van der Waals surface area contributed by atoms with Crippen LogP contribution in [0.1, 0.15) is 0 Å². The van der Waals surface area contributed by atoms with Crippen LogP contribution in [-0.4, -0.2) is 8.42 Å². The van der Waals surface area contributed by atoms with Crippen molar-refractivity contribution >= 4 is 64.7 Å². The van der Waals surface area contributed by atoms with E-state index in [9.17, 15) is 8.42 Å². The van der Waals surface area contributed by atoms with Gasteiger partial charge in [-0.15, -0.1) is 11.3 Å². The minimum Gasteiger partial charge on any atom is -0.280 e. The molecule has 3 rings (SSSR count). The quantitative estimate of drug-likeness (QED) is 0.661. The van der Waals surface area contributed by atoms with Crippen LogP contribution in [0.4, 0.5) is 5.69 Å². The third-order valence-corrected chi connectivity index (χ3v) is 6.40. The van der Waals surface area contributed by atoms with E-state index >= 15 is 0 Å². The first-order valence-corrected chi connectivity index (χ1v) is 9.44. The number of fused-ring (bicyclic) bond motifs is 1. The third-order valence-electron chi connectivity index (χ3n) is 2.91. The number of sulfonamides is 1. The molecular weight excluding hydrogens is 394 g/mol. The first-order valence-electron chi connectivity index (χ1n) is 5.91. The summed E-state index contributed by atoms with van der Waals surface area (Å²) in [6, 6.07) is 11.9. The van der Waals surface area contributed by atoms with Crippen LogP contribution >= 0.6 is 38.9 Å². The Morgan fingerprint density at radius 3 is 2.67 bits per heavy atom. The smallest absolute Gasteiger partial charge is 0.261 e. The van der Waals surface area contributed by atoms with Crippen molar-refractivity contribution < 1.29 is 8.42 Å². The number of hydrogen-bond donors (Lipinski definition) is 1. The van der Waals surface area contributed by atoms with Gasteiger partial charge in [0.15, 0.2) is 0 Å². The normalized spacial score (nSPS) is 11.7. The number of benzene rings is 2. The first kappa shape index (κ1) is 14.8. The summed E-state index contributed by atoms with van der Waals surface area (Å²) in [4.78, 5) is 0.157. The zero-order valence-corrected chi connectivity index (χ0v) is 14.5. The van der Waals surface area contributed by atoms with Crippen LogP contribution in [0.3, 0.4) is 0 Å². The molecule has 0 spiro atoms. The average Bonchev–Trinajstić information content (AvgIpc) is 2.88. The molecule has 7 heteroatoms. The lowest BCUT2D eigenvalue weighted by Crippen LogP contribution is -2.12. The summed E-state index contributed by atoms with van der Waals surface area (Å²) >= 11 is 10.7. The molecule has 1 N–H and O–H groups in total. The average molecular weight is 403 g/mol. The van der Waals surface area contributed by atoms with Gasteiger partial charge in [0.2, 0.25) is 0 Å². The lowest BCUT2D eigenvalue weighted by atomic mass is 10.2. The van der Waals surface area contributed by atoms with Gasteiger partial charge in [0.25, 0.3) is 10.0 Å². The Morgan fingerprint density at radius 2 is 1.90 bits per heavy atom. The highest BCUT2D eigenvalue weighted by Gasteiger charge is 2.15. The zero-order valence-electron chi connectivity index (χ0n) is 10.5. The minimum atomic E-state index is -3.64. The molecule has 1 aromatic heterocycles. The summed E-state index contributed by atoms with van der Waals surface area (Å²) in [5, 5.41) is 3.45. The highest BCUT2D eigenvalue weighted by atomic mass is 79.9. The second-order valence-corrected chi connectivity index (χ2v) is 8.25. The maximum Gasteiger partial charge on any atom is 0.261 e. The molecule has 108 valence electrons. The molecule has 3 nitrogen and oxygen atoms in total. The molecule has 0 aliphatic carbocycles. The Hall–Kier alpha value is -1.08. The molecule has 1 heterocycles. The second kappa shape index (κ2) is 5.61. The largest absolute Gasteiger partial charge is 0.280 e. The van der Waals surface area contributed by atoms with Crippen LogP contribution in [0.15, 0.2) is 57.2 Å². The maximum atomic E-state index is 12.4. The molecule has 0 radical (unpaired) electrons. The van der Waals surface area contributed by atoms with Crippen molar-refractivity contribution in [2.24, 2.45) is 0 Å². The molecule has 0 saturated heterocycles. The number of rotatable bonds is 3. The summed E-state index contributed by atoms with van der Waals surface area (Å²) in [5.41, 5.74) is 0.534. The molecule has 21 heavy (non-hydrogen) atoms. The van der Waals surface area contributed by atoms with E-state index in [2.05, 4.69) is 20.7 Å². The molecule has 0 aliphatic heterocycles. The van der Waals surface area contributed by atoms with Crippen molar-refractivity contribution in [1.82, 2.24) is 0 Å². The summed E-state index contributed by atoms with van der Waals surface area (Å²) in [5.74, 6) is 0. The lowest BCUT2D eigenvalue weighted by Gasteiger charge is -2.09. The molecule has 2 aromatic carbocycles. The number of halogens is 2. The second-order valence-electron chi connectivity index (χ2n) is 4.35. The molecule has 0 saturated carbocycles. The molecule has 0 bridgehead atoms. The van der Waals surface area contributed by atoms with E-state index in [1.807, 2.05) is 23.6 Å². The van der Waals surface area contributed by atoms with Crippen LogP contribution < -0.4 is 4.72 Å². The number of thiophene rings is 1. The highest BCUT2D eigenvalue weighted by Crippen LogP contribution is 2.28. The summed E-state index contributed by atoms with van der Waals surface area (Å²) in [6.45, 7) is 0. The Morgan fingerprint density at radius 1 is 1.10 bits per heavy atom. The van der Waals surface area contributed by atoms with E-state index in [1.54, 1.807) is 23.5 Å². The Bertz CT molecular complexity index is 922. The molecule has 0 atom stereocenters. The fourth-order valence-corrected chi connectivity index (χ4v) is 4.38. The van der Waals surface area contributed by atoms with Gasteiger partial charge in [-0.2, -0.15) is 0 Å². The van der Waals surface area contributed by atoms with Gasteiger partial charge < -0.3 is 0 Å². The predicted octanol–water partition coefficient (Wildman–Crippen LogP) is 5.12. The van der Waals surface area contributed by atoms with Gasteiger partial charge in [0, 0.05) is 14.9 Å². The topological polar surface area (TPSA) is 46.2 Å². The maximum absolute atomic E-state index is 12.4. The fraction of sp³-hybridized carbons (Fsp3) is 0.